The van der Waals surface area contributed by atoms with Crippen LogP contribution >= 0.6 is 7.14 Å². The molecule has 2 aliphatic carbocycles. The molecule has 25 heavy (non-hydrogen) atoms. The Kier molecular flexibility index (Phi) is 3.81. The van der Waals surface area contributed by atoms with E-state index < -0.39 is 7.14 Å². The average Bonchev–Trinajstić information content (AvgIpc) is 2.98. The molecule has 2 aliphatic rings. The Morgan fingerprint density at radius 1 is 0.960 bits per heavy atom. The van der Waals surface area contributed by atoms with Gasteiger partial charge in [0.1, 0.15) is 12.9 Å². The first kappa shape index (κ1) is 16.8. The molecule has 0 N–H and O–H groups in total. The molecule has 130 valence electrons. The smallest absolute Gasteiger partial charge is 0.143 e. The predicted molar refractivity (Wildman–Crippen MR) is 103 cm³/mol. The normalized spacial score (nSPS) is 31.4. The second-order valence-electron chi connectivity index (χ2n) is 8.18. The minimum atomic E-state index is -2.79. The van der Waals surface area contributed by atoms with E-state index in [9.17, 15) is 9.36 Å². The molecule has 4 rings (SSSR count). The summed E-state index contributed by atoms with van der Waals surface area (Å²) in [6.07, 6.45) is 3.27. The van der Waals surface area contributed by atoms with Crippen LogP contribution < -0.4 is 10.6 Å². The van der Waals surface area contributed by atoms with E-state index in [4.69, 9.17) is 0 Å². The largest absolute Gasteiger partial charge is 0.314 e. The van der Waals surface area contributed by atoms with Crippen molar-refractivity contribution in [2.75, 3.05) is 6.16 Å². The Bertz CT molecular complexity index is 801. The lowest BCUT2D eigenvalue weighted by Gasteiger charge is -2.39. The lowest BCUT2D eigenvalue weighted by atomic mass is 9.70. The molecule has 2 bridgehead atoms. The molecule has 0 radical (unpaired) electrons. The van der Waals surface area contributed by atoms with Crippen LogP contribution in [0.3, 0.4) is 0 Å². The first-order chi connectivity index (χ1) is 11.9. The zero-order valence-corrected chi connectivity index (χ0v) is 15.8. The van der Waals surface area contributed by atoms with Crippen molar-refractivity contribution in [2.45, 2.75) is 33.1 Å². The molecular formula is C22H25O2P. The van der Waals surface area contributed by atoms with Crippen molar-refractivity contribution in [3.63, 3.8) is 0 Å². The number of benzene rings is 2. The molecule has 0 heterocycles. The molecule has 0 spiro atoms. The van der Waals surface area contributed by atoms with Crippen molar-refractivity contribution in [2.24, 2.45) is 16.7 Å². The summed E-state index contributed by atoms with van der Waals surface area (Å²) in [6, 6.07) is 19.7. The number of hydrogen-bond donors (Lipinski definition) is 0. The molecule has 2 aromatic carbocycles. The Morgan fingerprint density at radius 2 is 1.48 bits per heavy atom. The van der Waals surface area contributed by atoms with E-state index in [-0.39, 0.29) is 10.8 Å². The van der Waals surface area contributed by atoms with E-state index in [1.165, 1.54) is 0 Å². The van der Waals surface area contributed by atoms with Crippen molar-refractivity contribution in [1.82, 2.24) is 0 Å². The van der Waals surface area contributed by atoms with Crippen molar-refractivity contribution in [3.05, 3.63) is 60.7 Å². The van der Waals surface area contributed by atoms with E-state index in [2.05, 4.69) is 13.8 Å². The first-order valence-corrected chi connectivity index (χ1v) is 11.0. The van der Waals surface area contributed by atoms with Gasteiger partial charge in [0.15, 0.2) is 0 Å². The fraction of sp³-hybridized carbons (Fsp3) is 0.409. The van der Waals surface area contributed by atoms with Gasteiger partial charge in [0.05, 0.1) is 0 Å². The van der Waals surface area contributed by atoms with Crippen LogP contribution in [0.1, 0.15) is 33.1 Å². The highest BCUT2D eigenvalue weighted by Gasteiger charge is 2.65. The van der Waals surface area contributed by atoms with Crippen LogP contribution in [0.25, 0.3) is 0 Å². The van der Waals surface area contributed by atoms with Gasteiger partial charge in [0, 0.05) is 28.6 Å². The zero-order valence-electron chi connectivity index (χ0n) is 14.9. The molecule has 0 aliphatic heterocycles. The molecule has 2 nitrogen and oxygen atoms in total. The maximum atomic E-state index is 14.4. The van der Waals surface area contributed by atoms with Crippen LogP contribution in [0.4, 0.5) is 0 Å². The minimum absolute atomic E-state index is 0.189. The van der Waals surface area contributed by atoms with Crippen LogP contribution in [0.15, 0.2) is 60.7 Å². The monoisotopic (exact) mass is 352 g/mol. The second-order valence-corrected chi connectivity index (χ2v) is 11.0. The van der Waals surface area contributed by atoms with Crippen LogP contribution in [0.2, 0.25) is 0 Å². The summed E-state index contributed by atoms with van der Waals surface area (Å²) in [4.78, 5) is 12.6. The maximum Gasteiger partial charge on any atom is 0.143 e. The molecule has 2 fully saturated rings. The highest BCUT2D eigenvalue weighted by Crippen LogP contribution is 2.68. The Morgan fingerprint density at radius 3 is 1.88 bits per heavy atom. The Hall–Kier alpha value is -1.66. The van der Waals surface area contributed by atoms with Gasteiger partial charge in [-0.1, -0.05) is 74.5 Å². The molecule has 0 unspecified atom stereocenters. The highest BCUT2D eigenvalue weighted by molar-refractivity contribution is 7.78. The third-order valence-corrected chi connectivity index (χ3v) is 10.5. The summed E-state index contributed by atoms with van der Waals surface area (Å²) in [6.45, 7) is 4.33. The standard InChI is InChI=1S/C22H25O2P/c1-21-14-13-17(15-20(21)23)22(21,2)16-25(24,18-9-5-3-6-10-18)19-11-7-4-8-12-19/h3-12,17H,13-16H2,1-2H3/t17-,21-,22-/m0/s1. The van der Waals surface area contributed by atoms with Gasteiger partial charge in [-0.3, -0.25) is 4.79 Å². The van der Waals surface area contributed by atoms with Crippen LogP contribution in [-0.4, -0.2) is 11.9 Å². The Balaban J connectivity index is 1.84. The fourth-order valence-electron chi connectivity index (χ4n) is 5.19. The number of carbonyl (C=O) groups is 1. The zero-order chi connectivity index (χ0) is 17.7. The van der Waals surface area contributed by atoms with Gasteiger partial charge < -0.3 is 4.57 Å². The highest BCUT2D eigenvalue weighted by atomic mass is 31.2. The lowest BCUT2D eigenvalue weighted by molar-refractivity contribution is -0.128. The summed E-state index contributed by atoms with van der Waals surface area (Å²) in [5, 5.41) is 1.81. The van der Waals surface area contributed by atoms with E-state index >= 15 is 0 Å². The lowest BCUT2D eigenvalue weighted by Crippen LogP contribution is -2.40. The minimum Gasteiger partial charge on any atom is -0.314 e. The summed E-state index contributed by atoms with van der Waals surface area (Å²) < 4.78 is 14.4. The van der Waals surface area contributed by atoms with Crippen LogP contribution in [-0.2, 0) is 9.36 Å². The quantitative estimate of drug-likeness (QED) is 0.765. The van der Waals surface area contributed by atoms with E-state index in [1.54, 1.807) is 0 Å². The summed E-state index contributed by atoms with van der Waals surface area (Å²) in [5.41, 5.74) is -0.512. The van der Waals surface area contributed by atoms with Crippen molar-refractivity contribution >= 4 is 23.5 Å². The number of ketones is 1. The fourth-order valence-corrected chi connectivity index (χ4v) is 8.69. The van der Waals surface area contributed by atoms with E-state index in [1.807, 2.05) is 60.7 Å². The average molecular weight is 352 g/mol. The van der Waals surface area contributed by atoms with Gasteiger partial charge in [0.2, 0.25) is 0 Å². The van der Waals surface area contributed by atoms with Crippen LogP contribution in [0, 0.1) is 16.7 Å². The first-order valence-electron chi connectivity index (χ1n) is 9.14. The van der Waals surface area contributed by atoms with Crippen molar-refractivity contribution in [1.29, 1.82) is 0 Å². The molecule has 0 aromatic heterocycles. The SMILES string of the molecule is C[C@]12CC[C@@H](CC1=O)[C@]2(C)CP(=O)(c1ccccc1)c1ccccc1. The molecule has 2 saturated carbocycles. The van der Waals surface area contributed by atoms with Crippen molar-refractivity contribution < 1.29 is 9.36 Å². The van der Waals surface area contributed by atoms with Gasteiger partial charge in [-0.15, -0.1) is 0 Å². The number of Topliss-reactive ketones (excluding diaryl/α,β-unsaturated/α-hetero) is 1. The van der Waals surface area contributed by atoms with Gasteiger partial charge in [-0.2, -0.15) is 0 Å². The third kappa shape index (κ3) is 2.30. The van der Waals surface area contributed by atoms with Crippen molar-refractivity contribution in [3.8, 4) is 0 Å². The van der Waals surface area contributed by atoms with E-state index in [0.717, 1.165) is 23.5 Å². The second kappa shape index (κ2) is 5.68. The predicted octanol–water partition coefficient (Wildman–Crippen LogP) is 4.40. The molecule has 3 heteroatoms. The molecule has 0 saturated heterocycles. The van der Waals surface area contributed by atoms with Gasteiger partial charge >= 0.3 is 0 Å². The maximum absolute atomic E-state index is 14.4. The summed E-state index contributed by atoms with van der Waals surface area (Å²) in [7, 11) is -2.79. The topological polar surface area (TPSA) is 34.1 Å². The molecular weight excluding hydrogens is 327 g/mol. The number of rotatable bonds is 4. The summed E-state index contributed by atoms with van der Waals surface area (Å²) >= 11 is 0. The third-order valence-electron chi connectivity index (χ3n) is 7.10. The van der Waals surface area contributed by atoms with Gasteiger partial charge in [-0.25, -0.2) is 0 Å². The summed E-state index contributed by atoms with van der Waals surface area (Å²) in [5.74, 6) is 0.740. The van der Waals surface area contributed by atoms with E-state index in [0.29, 0.717) is 24.3 Å². The van der Waals surface area contributed by atoms with Gasteiger partial charge in [0.25, 0.3) is 0 Å². The molecule has 3 atom stereocenters. The Labute approximate surface area is 150 Å². The molecule has 0 amide bonds. The number of fused-ring (bicyclic) bond motifs is 2. The number of carbonyl (C=O) groups excluding carboxylic acids is 1. The molecule has 2 aromatic rings. The van der Waals surface area contributed by atoms with Gasteiger partial charge in [-0.05, 0) is 24.2 Å². The number of hydrogen-bond acceptors (Lipinski definition) is 2. The van der Waals surface area contributed by atoms with Crippen LogP contribution in [0.5, 0.6) is 0 Å².